The normalized spacial score (nSPS) is 25.3. The number of hydrogen-bond acceptors (Lipinski definition) is 12. The third kappa shape index (κ3) is 3.98. The van der Waals surface area contributed by atoms with Crippen molar-refractivity contribution >= 4 is 23.0 Å². The predicted molar refractivity (Wildman–Crippen MR) is 115 cm³/mol. The molecule has 0 amide bonds. The highest BCUT2D eigenvalue weighted by molar-refractivity contribution is 5.87. The van der Waals surface area contributed by atoms with Crippen LogP contribution in [-0.4, -0.2) is 93.4 Å². The molecule has 4 heterocycles. The number of hydrogen-bond donors (Lipinski definition) is 4. The second-order valence-corrected chi connectivity index (χ2v) is 8.32. The third-order valence-electron chi connectivity index (χ3n) is 6.08. The maximum Gasteiger partial charge on any atom is 0.360 e. The lowest BCUT2D eigenvalue weighted by Gasteiger charge is -2.17. The number of rotatable bonds is 7. The fourth-order valence-corrected chi connectivity index (χ4v) is 4.33. The van der Waals surface area contributed by atoms with Gasteiger partial charge in [0.2, 0.25) is 0 Å². The number of esters is 1. The Morgan fingerprint density at radius 2 is 2.06 bits per heavy atom. The summed E-state index contributed by atoms with van der Waals surface area (Å²) in [6, 6.07) is 0.218. The molecule has 3 aromatic heterocycles. The summed E-state index contributed by atoms with van der Waals surface area (Å²) in [5, 5.41) is 41.4. The Kier molecular flexibility index (Phi) is 6.12. The van der Waals surface area contributed by atoms with E-state index >= 15 is 0 Å². The van der Waals surface area contributed by atoms with Gasteiger partial charge in [0.05, 0.1) is 25.7 Å². The van der Waals surface area contributed by atoms with Crippen LogP contribution in [0.15, 0.2) is 12.5 Å². The van der Waals surface area contributed by atoms with Crippen molar-refractivity contribution in [3.8, 4) is 5.95 Å². The molecule has 1 aliphatic carbocycles. The maximum atomic E-state index is 12.0. The van der Waals surface area contributed by atoms with E-state index in [1.807, 2.05) is 0 Å². The van der Waals surface area contributed by atoms with Gasteiger partial charge >= 0.3 is 5.97 Å². The molecular formula is C20H26N8O6. The highest BCUT2D eigenvalue weighted by Gasteiger charge is 2.44. The minimum atomic E-state index is -1.30. The van der Waals surface area contributed by atoms with Gasteiger partial charge in [-0.05, 0) is 19.8 Å². The number of anilines is 1. The number of carbonyl (C=O) groups excluding carboxylic acids is 1. The van der Waals surface area contributed by atoms with Crippen LogP contribution < -0.4 is 5.32 Å². The molecule has 34 heavy (non-hydrogen) atoms. The van der Waals surface area contributed by atoms with Crippen LogP contribution in [0.3, 0.4) is 0 Å². The molecule has 1 saturated carbocycles. The molecule has 5 rings (SSSR count). The number of aromatic nitrogens is 7. The molecule has 0 aromatic carbocycles. The SMILES string of the molecule is CCOC(=O)c1cn(-c2nc(NC3CCCC3)c3ncn(C4O[C@H](CO)[C@@H](O)[C@H]4O)c3n2)nn1. The largest absolute Gasteiger partial charge is 0.461 e. The number of fused-ring (bicyclic) bond motifs is 1. The van der Waals surface area contributed by atoms with E-state index in [1.165, 1.54) is 21.8 Å². The molecule has 1 aliphatic heterocycles. The van der Waals surface area contributed by atoms with E-state index in [2.05, 4.69) is 30.6 Å². The van der Waals surface area contributed by atoms with Crippen molar-refractivity contribution in [1.29, 1.82) is 0 Å². The van der Waals surface area contributed by atoms with Crippen molar-refractivity contribution in [3.05, 3.63) is 18.2 Å². The molecule has 4 N–H and O–H groups in total. The number of aliphatic hydroxyl groups is 3. The standard InChI is InChI=1S/C20H26N8O6/c1-2-33-19(32)11-7-28(26-25-11)20-23-16(22-10-5-3-4-6-10)13-17(24-20)27(9-21-13)18-15(31)14(30)12(8-29)34-18/h7,9-10,12,14-15,18,29-31H,2-6,8H2,1H3,(H,22,23,24)/t12-,14-,15-,18?/m1/s1. The van der Waals surface area contributed by atoms with Crippen LogP contribution in [0.2, 0.25) is 0 Å². The maximum absolute atomic E-state index is 12.0. The van der Waals surface area contributed by atoms with E-state index in [0.29, 0.717) is 17.0 Å². The molecule has 0 radical (unpaired) electrons. The number of ether oxygens (including phenoxy) is 2. The summed E-state index contributed by atoms with van der Waals surface area (Å²) >= 11 is 0. The summed E-state index contributed by atoms with van der Waals surface area (Å²) in [6.45, 7) is 1.44. The molecule has 182 valence electrons. The van der Waals surface area contributed by atoms with Crippen LogP contribution in [0.5, 0.6) is 0 Å². The second kappa shape index (κ2) is 9.21. The van der Waals surface area contributed by atoms with Crippen LogP contribution in [0, 0.1) is 0 Å². The Morgan fingerprint density at radius 1 is 1.26 bits per heavy atom. The van der Waals surface area contributed by atoms with Crippen molar-refractivity contribution in [1.82, 2.24) is 34.5 Å². The van der Waals surface area contributed by atoms with E-state index < -0.39 is 37.1 Å². The van der Waals surface area contributed by atoms with Crippen molar-refractivity contribution in [2.75, 3.05) is 18.5 Å². The molecule has 1 unspecified atom stereocenters. The van der Waals surface area contributed by atoms with E-state index in [1.54, 1.807) is 6.92 Å². The van der Waals surface area contributed by atoms with Gasteiger partial charge in [-0.1, -0.05) is 18.1 Å². The van der Waals surface area contributed by atoms with Gasteiger partial charge in [0.15, 0.2) is 28.9 Å². The van der Waals surface area contributed by atoms with Crippen LogP contribution in [0.1, 0.15) is 49.3 Å². The zero-order chi connectivity index (χ0) is 23.8. The Morgan fingerprint density at radius 3 is 2.76 bits per heavy atom. The lowest BCUT2D eigenvalue weighted by molar-refractivity contribution is -0.0511. The van der Waals surface area contributed by atoms with E-state index in [4.69, 9.17) is 9.47 Å². The first-order valence-electron chi connectivity index (χ1n) is 11.2. The monoisotopic (exact) mass is 474 g/mol. The average molecular weight is 474 g/mol. The molecule has 4 atom stereocenters. The zero-order valence-corrected chi connectivity index (χ0v) is 18.5. The minimum Gasteiger partial charge on any atom is -0.461 e. The van der Waals surface area contributed by atoms with Gasteiger partial charge in [-0.3, -0.25) is 4.57 Å². The van der Waals surface area contributed by atoms with Crippen LogP contribution >= 0.6 is 0 Å². The molecular weight excluding hydrogens is 448 g/mol. The molecule has 14 heteroatoms. The number of carbonyl (C=O) groups is 1. The Bertz CT molecular complexity index is 1180. The highest BCUT2D eigenvalue weighted by atomic mass is 16.6. The summed E-state index contributed by atoms with van der Waals surface area (Å²) in [6.07, 6.45) is 2.47. The first kappa shape index (κ1) is 22.6. The predicted octanol–water partition coefficient (Wildman–Crippen LogP) is -0.450. The summed E-state index contributed by atoms with van der Waals surface area (Å²) in [4.78, 5) is 25.6. The molecule has 14 nitrogen and oxygen atoms in total. The number of aliphatic hydroxyl groups excluding tert-OH is 3. The van der Waals surface area contributed by atoms with Crippen molar-refractivity contribution < 1.29 is 29.6 Å². The summed E-state index contributed by atoms with van der Waals surface area (Å²) < 4.78 is 13.4. The van der Waals surface area contributed by atoms with Crippen molar-refractivity contribution in [3.63, 3.8) is 0 Å². The Balaban J connectivity index is 1.57. The fourth-order valence-electron chi connectivity index (χ4n) is 4.33. The average Bonchev–Trinajstić information content (AvgIpc) is 3.62. The molecule has 2 fully saturated rings. The zero-order valence-electron chi connectivity index (χ0n) is 18.5. The smallest absolute Gasteiger partial charge is 0.360 e. The van der Waals surface area contributed by atoms with Crippen LogP contribution in [0.4, 0.5) is 5.82 Å². The Labute approximate surface area is 193 Å². The summed E-state index contributed by atoms with van der Waals surface area (Å²) in [5.74, 6) is -0.0363. The van der Waals surface area contributed by atoms with Gasteiger partial charge in [-0.2, -0.15) is 14.6 Å². The highest BCUT2D eigenvalue weighted by Crippen LogP contribution is 2.33. The quantitative estimate of drug-likeness (QED) is 0.324. The van der Waals surface area contributed by atoms with E-state index in [0.717, 1.165) is 25.7 Å². The molecule has 1 saturated heterocycles. The van der Waals surface area contributed by atoms with Gasteiger partial charge in [-0.25, -0.2) is 9.78 Å². The van der Waals surface area contributed by atoms with Crippen LogP contribution in [0.25, 0.3) is 17.1 Å². The summed E-state index contributed by atoms with van der Waals surface area (Å²) in [5.41, 5.74) is 0.764. The van der Waals surface area contributed by atoms with Gasteiger partial charge < -0.3 is 30.1 Å². The number of nitrogens with one attached hydrogen (secondary N) is 1. The van der Waals surface area contributed by atoms with Crippen molar-refractivity contribution in [2.24, 2.45) is 0 Å². The van der Waals surface area contributed by atoms with Crippen molar-refractivity contribution in [2.45, 2.75) is 63.2 Å². The van der Waals surface area contributed by atoms with E-state index in [9.17, 15) is 20.1 Å². The summed E-state index contributed by atoms with van der Waals surface area (Å²) in [7, 11) is 0. The Hall–Kier alpha value is -3.20. The molecule has 0 spiro atoms. The first-order valence-corrected chi connectivity index (χ1v) is 11.2. The van der Waals surface area contributed by atoms with Gasteiger partial charge in [-0.15, -0.1) is 5.10 Å². The topological polar surface area (TPSA) is 183 Å². The van der Waals surface area contributed by atoms with E-state index in [-0.39, 0.29) is 24.3 Å². The third-order valence-corrected chi connectivity index (χ3v) is 6.08. The lowest BCUT2D eigenvalue weighted by atomic mass is 10.1. The second-order valence-electron chi connectivity index (χ2n) is 8.32. The molecule has 2 aliphatic rings. The molecule has 3 aromatic rings. The lowest BCUT2D eigenvalue weighted by Crippen LogP contribution is -2.33. The van der Waals surface area contributed by atoms with Gasteiger partial charge in [0, 0.05) is 6.04 Å². The molecule has 0 bridgehead atoms. The fraction of sp³-hybridized carbons (Fsp3) is 0.600. The number of imidazole rings is 1. The minimum absolute atomic E-state index is 0.00724. The van der Waals surface area contributed by atoms with Gasteiger partial charge in [0.1, 0.15) is 18.3 Å². The van der Waals surface area contributed by atoms with Crippen LogP contribution in [-0.2, 0) is 9.47 Å². The first-order chi connectivity index (χ1) is 16.5. The van der Waals surface area contributed by atoms with Gasteiger partial charge in [0.25, 0.3) is 5.95 Å². The number of nitrogens with zero attached hydrogens (tertiary/aromatic N) is 7.